The zero-order chi connectivity index (χ0) is 19.4. The van der Waals surface area contributed by atoms with Gasteiger partial charge < -0.3 is 14.8 Å². The second kappa shape index (κ2) is 8.50. The fourth-order valence-corrected chi connectivity index (χ4v) is 3.35. The van der Waals surface area contributed by atoms with E-state index in [2.05, 4.69) is 12.2 Å². The summed E-state index contributed by atoms with van der Waals surface area (Å²) < 4.78 is 24.6. The second-order valence-electron chi connectivity index (χ2n) is 6.85. The highest BCUT2D eigenvalue weighted by Gasteiger charge is 2.19. The molecule has 0 aliphatic carbocycles. The van der Waals surface area contributed by atoms with Crippen molar-refractivity contribution >= 4 is 11.6 Å². The number of rotatable bonds is 6. The Hall–Kier alpha value is -2.44. The Morgan fingerprint density at radius 2 is 2.11 bits per heavy atom. The first kappa shape index (κ1) is 19.3. The Morgan fingerprint density at radius 1 is 1.30 bits per heavy atom. The van der Waals surface area contributed by atoms with Crippen LogP contribution in [0.15, 0.2) is 30.3 Å². The molecule has 0 fully saturated rings. The van der Waals surface area contributed by atoms with Crippen molar-refractivity contribution in [2.24, 2.45) is 0 Å². The number of anilines is 1. The summed E-state index contributed by atoms with van der Waals surface area (Å²) in [5.41, 5.74) is 4.44. The van der Waals surface area contributed by atoms with E-state index in [0.717, 1.165) is 23.2 Å². The van der Waals surface area contributed by atoms with Crippen molar-refractivity contribution in [3.8, 4) is 5.75 Å². The third-order valence-corrected chi connectivity index (χ3v) is 4.61. The maximum Gasteiger partial charge on any atom is 0.238 e. The number of likely N-dealkylation sites (N-methyl/N-ethyl adjacent to an activating group) is 1. The summed E-state index contributed by atoms with van der Waals surface area (Å²) in [7, 11) is 1.83. The molecule has 144 valence electrons. The minimum atomic E-state index is -0.330. The van der Waals surface area contributed by atoms with Crippen LogP contribution in [0.5, 0.6) is 5.75 Å². The van der Waals surface area contributed by atoms with Gasteiger partial charge in [-0.2, -0.15) is 0 Å². The summed E-state index contributed by atoms with van der Waals surface area (Å²) in [6.45, 7) is 5.13. The maximum absolute atomic E-state index is 13.9. The van der Waals surface area contributed by atoms with Crippen LogP contribution in [0.4, 0.5) is 10.1 Å². The van der Waals surface area contributed by atoms with Gasteiger partial charge in [0.25, 0.3) is 0 Å². The number of hydrogen-bond donors (Lipinski definition) is 1. The zero-order valence-corrected chi connectivity index (χ0v) is 16.0. The Morgan fingerprint density at radius 3 is 2.89 bits per heavy atom. The highest BCUT2D eigenvalue weighted by Crippen LogP contribution is 2.30. The quantitative estimate of drug-likeness (QED) is 0.841. The standard InChI is InChI=1S/C21H25FN2O3/c1-4-15-7-5-6-14(2)20(15)23-19(25)11-24(3)10-16-8-18(22)9-17-12-26-13-27-21(16)17/h5-9H,4,10-13H2,1-3H3,(H,23,25). The number of hydrogen-bond acceptors (Lipinski definition) is 4. The number of carbonyl (C=O) groups excluding carboxylic acids is 1. The number of ether oxygens (including phenoxy) is 2. The Balaban J connectivity index is 1.67. The molecule has 5 nitrogen and oxygen atoms in total. The first-order valence-electron chi connectivity index (χ1n) is 9.06. The van der Waals surface area contributed by atoms with Gasteiger partial charge in [-0.1, -0.05) is 25.1 Å². The lowest BCUT2D eigenvalue weighted by molar-refractivity contribution is -0.117. The lowest BCUT2D eigenvalue weighted by Gasteiger charge is -2.23. The largest absolute Gasteiger partial charge is 0.467 e. The summed E-state index contributed by atoms with van der Waals surface area (Å²) in [4.78, 5) is 14.4. The van der Waals surface area contributed by atoms with Gasteiger partial charge in [0, 0.05) is 23.4 Å². The molecule has 0 radical (unpaired) electrons. The molecule has 0 aromatic heterocycles. The van der Waals surface area contributed by atoms with E-state index in [1.54, 1.807) is 0 Å². The molecule has 27 heavy (non-hydrogen) atoms. The first-order valence-corrected chi connectivity index (χ1v) is 9.06. The van der Waals surface area contributed by atoms with E-state index in [4.69, 9.17) is 9.47 Å². The van der Waals surface area contributed by atoms with E-state index in [1.165, 1.54) is 12.1 Å². The summed E-state index contributed by atoms with van der Waals surface area (Å²) in [6.07, 6.45) is 0.849. The van der Waals surface area contributed by atoms with Gasteiger partial charge in [0.05, 0.1) is 13.2 Å². The van der Waals surface area contributed by atoms with Gasteiger partial charge in [-0.25, -0.2) is 4.39 Å². The summed E-state index contributed by atoms with van der Waals surface area (Å²) in [6, 6.07) is 8.87. The third kappa shape index (κ3) is 4.64. The average Bonchev–Trinajstić information content (AvgIpc) is 2.63. The number of nitrogens with zero attached hydrogens (tertiary/aromatic N) is 1. The van der Waals surface area contributed by atoms with Crippen LogP contribution in [-0.2, 0) is 29.1 Å². The number of amides is 1. The molecular weight excluding hydrogens is 347 g/mol. The summed E-state index contributed by atoms with van der Waals surface area (Å²) in [5, 5.41) is 3.01. The first-order chi connectivity index (χ1) is 13.0. The molecule has 0 spiro atoms. The minimum absolute atomic E-state index is 0.101. The second-order valence-corrected chi connectivity index (χ2v) is 6.85. The monoisotopic (exact) mass is 372 g/mol. The van der Waals surface area contributed by atoms with Crippen LogP contribution >= 0.6 is 0 Å². The van der Waals surface area contributed by atoms with Crippen LogP contribution in [-0.4, -0.2) is 31.2 Å². The Labute approximate surface area is 159 Å². The zero-order valence-electron chi connectivity index (χ0n) is 16.0. The van der Waals surface area contributed by atoms with E-state index in [1.807, 2.05) is 37.1 Å². The molecule has 1 heterocycles. The number of aryl methyl sites for hydroxylation is 2. The molecule has 0 saturated heterocycles. The molecule has 2 aromatic carbocycles. The van der Waals surface area contributed by atoms with Crippen molar-refractivity contribution in [3.63, 3.8) is 0 Å². The molecule has 6 heteroatoms. The molecule has 3 rings (SSSR count). The Kier molecular flexibility index (Phi) is 6.08. The highest BCUT2D eigenvalue weighted by molar-refractivity contribution is 5.93. The maximum atomic E-state index is 13.9. The molecular formula is C21H25FN2O3. The minimum Gasteiger partial charge on any atom is -0.467 e. The van der Waals surface area contributed by atoms with E-state index in [-0.39, 0.29) is 25.1 Å². The van der Waals surface area contributed by atoms with Crippen molar-refractivity contribution in [1.29, 1.82) is 0 Å². The van der Waals surface area contributed by atoms with Gasteiger partial charge in [-0.3, -0.25) is 9.69 Å². The van der Waals surface area contributed by atoms with E-state index in [9.17, 15) is 9.18 Å². The number of nitrogens with one attached hydrogen (secondary N) is 1. The normalized spacial score (nSPS) is 13.2. The molecule has 0 saturated carbocycles. The van der Waals surface area contributed by atoms with Crippen LogP contribution in [0.3, 0.4) is 0 Å². The number of halogens is 1. The lowest BCUT2D eigenvalue weighted by Crippen LogP contribution is -2.30. The van der Waals surface area contributed by atoms with Crippen LogP contribution < -0.4 is 10.1 Å². The third-order valence-electron chi connectivity index (χ3n) is 4.61. The predicted octanol–water partition coefficient (Wildman–Crippen LogP) is 3.63. The fraction of sp³-hybridized carbons (Fsp3) is 0.381. The predicted molar refractivity (Wildman–Crippen MR) is 102 cm³/mol. The van der Waals surface area contributed by atoms with Crippen LogP contribution in [0.2, 0.25) is 0 Å². The average molecular weight is 372 g/mol. The fourth-order valence-electron chi connectivity index (χ4n) is 3.35. The summed E-state index contributed by atoms with van der Waals surface area (Å²) in [5.74, 6) is 0.223. The van der Waals surface area contributed by atoms with Gasteiger partial charge in [-0.05, 0) is 43.7 Å². The molecule has 0 atom stereocenters. The van der Waals surface area contributed by atoms with Crippen molar-refractivity contribution in [2.75, 3.05) is 25.7 Å². The smallest absolute Gasteiger partial charge is 0.238 e. The van der Waals surface area contributed by atoms with Gasteiger partial charge in [0.2, 0.25) is 5.91 Å². The number of carbonyl (C=O) groups is 1. The summed E-state index contributed by atoms with van der Waals surface area (Å²) >= 11 is 0. The SMILES string of the molecule is CCc1cccc(C)c1NC(=O)CN(C)Cc1cc(F)cc2c1OCOC2. The van der Waals surface area contributed by atoms with Gasteiger partial charge in [-0.15, -0.1) is 0 Å². The number of fused-ring (bicyclic) bond motifs is 1. The lowest BCUT2D eigenvalue weighted by atomic mass is 10.1. The van der Waals surface area contributed by atoms with Crippen molar-refractivity contribution in [3.05, 3.63) is 58.4 Å². The van der Waals surface area contributed by atoms with Crippen molar-refractivity contribution in [2.45, 2.75) is 33.4 Å². The van der Waals surface area contributed by atoms with E-state index >= 15 is 0 Å². The van der Waals surface area contributed by atoms with E-state index < -0.39 is 0 Å². The molecule has 1 N–H and O–H groups in total. The number of benzene rings is 2. The van der Waals surface area contributed by atoms with Crippen LogP contribution in [0.1, 0.15) is 29.2 Å². The van der Waals surface area contributed by atoms with Crippen molar-refractivity contribution < 1.29 is 18.7 Å². The van der Waals surface area contributed by atoms with Gasteiger partial charge in [0.15, 0.2) is 6.79 Å². The molecule has 2 aromatic rings. The van der Waals surface area contributed by atoms with Gasteiger partial charge >= 0.3 is 0 Å². The highest BCUT2D eigenvalue weighted by atomic mass is 19.1. The molecule has 1 aliphatic heterocycles. The molecule has 0 bridgehead atoms. The van der Waals surface area contributed by atoms with Gasteiger partial charge in [0.1, 0.15) is 11.6 Å². The topological polar surface area (TPSA) is 50.8 Å². The Bertz CT molecular complexity index is 838. The number of para-hydroxylation sites is 1. The van der Waals surface area contributed by atoms with Crippen molar-refractivity contribution in [1.82, 2.24) is 4.90 Å². The molecule has 1 amide bonds. The molecule has 0 unspecified atom stereocenters. The molecule has 1 aliphatic rings. The van der Waals surface area contributed by atoms with E-state index in [0.29, 0.717) is 30.0 Å². The van der Waals surface area contributed by atoms with Crippen LogP contribution in [0.25, 0.3) is 0 Å². The van der Waals surface area contributed by atoms with Crippen LogP contribution in [0, 0.1) is 12.7 Å².